The first-order valence-corrected chi connectivity index (χ1v) is 8.28. The lowest BCUT2D eigenvalue weighted by atomic mass is 10.1. The Hall–Kier alpha value is -1.84. The number of fused-ring (bicyclic) bond motifs is 1. The van der Waals surface area contributed by atoms with Crippen LogP contribution >= 0.6 is 11.3 Å². The fraction of sp³-hybridized carbons (Fsp3) is 0.222. The van der Waals surface area contributed by atoms with Crippen molar-refractivity contribution in [3.05, 3.63) is 54.6 Å². The quantitative estimate of drug-likeness (QED) is 0.769. The first kappa shape index (κ1) is 12.9. The van der Waals surface area contributed by atoms with Crippen molar-refractivity contribution in [2.75, 3.05) is 31.1 Å². The van der Waals surface area contributed by atoms with E-state index in [2.05, 4.69) is 64.8 Å². The van der Waals surface area contributed by atoms with Crippen LogP contribution in [0, 0.1) is 0 Å². The Bertz CT molecular complexity index is 742. The van der Waals surface area contributed by atoms with Crippen LogP contribution in [0.2, 0.25) is 0 Å². The summed E-state index contributed by atoms with van der Waals surface area (Å²) in [6.45, 7) is 4.30. The summed E-state index contributed by atoms with van der Waals surface area (Å²) in [5.74, 6) is 0. The van der Waals surface area contributed by atoms with Gasteiger partial charge in [0.05, 0.1) is 10.6 Å². The predicted octanol–water partition coefficient (Wildman–Crippen LogP) is 3.98. The highest BCUT2D eigenvalue weighted by Gasteiger charge is 2.20. The number of nitrogens with zero attached hydrogens (tertiary/aromatic N) is 1. The van der Waals surface area contributed by atoms with Gasteiger partial charge in [-0.25, -0.2) is 0 Å². The van der Waals surface area contributed by atoms with E-state index in [0.29, 0.717) is 0 Å². The molecule has 1 N–H and O–H groups in total. The van der Waals surface area contributed by atoms with Gasteiger partial charge in [-0.3, -0.25) is 0 Å². The molecule has 2 aromatic carbocycles. The molecular formula is C18H18N2S. The minimum Gasteiger partial charge on any atom is -0.367 e. The molecule has 0 spiro atoms. The van der Waals surface area contributed by atoms with Crippen LogP contribution in [0.4, 0.5) is 5.69 Å². The van der Waals surface area contributed by atoms with Crippen molar-refractivity contribution in [3.63, 3.8) is 0 Å². The van der Waals surface area contributed by atoms with E-state index in [4.69, 9.17) is 0 Å². The van der Waals surface area contributed by atoms with Gasteiger partial charge in [0, 0.05) is 36.3 Å². The highest BCUT2D eigenvalue weighted by molar-refractivity contribution is 7.23. The SMILES string of the molecule is c1ccc(-c2sc3ccccc3c2N2CCNCC2)cc1. The molecule has 3 heteroatoms. The van der Waals surface area contributed by atoms with Crippen LogP contribution in [0.1, 0.15) is 0 Å². The summed E-state index contributed by atoms with van der Waals surface area (Å²) in [6.07, 6.45) is 0. The normalized spacial score (nSPS) is 15.5. The molecule has 1 aliphatic rings. The first-order valence-electron chi connectivity index (χ1n) is 7.46. The molecule has 0 radical (unpaired) electrons. The maximum absolute atomic E-state index is 3.45. The second-order valence-corrected chi connectivity index (χ2v) is 6.43. The average molecular weight is 294 g/mol. The molecule has 1 saturated heterocycles. The maximum atomic E-state index is 3.45. The van der Waals surface area contributed by atoms with Gasteiger partial charge in [0.1, 0.15) is 0 Å². The summed E-state index contributed by atoms with van der Waals surface area (Å²) in [5.41, 5.74) is 2.75. The van der Waals surface area contributed by atoms with E-state index in [-0.39, 0.29) is 0 Å². The number of thiophene rings is 1. The molecule has 2 nitrogen and oxygen atoms in total. The van der Waals surface area contributed by atoms with Gasteiger partial charge in [-0.05, 0) is 11.6 Å². The third kappa shape index (κ3) is 2.33. The summed E-state index contributed by atoms with van der Waals surface area (Å²) in [5, 5.41) is 4.84. The monoisotopic (exact) mass is 294 g/mol. The number of nitrogens with one attached hydrogen (secondary N) is 1. The van der Waals surface area contributed by atoms with E-state index in [1.54, 1.807) is 0 Å². The molecule has 0 bridgehead atoms. The molecule has 0 aliphatic carbocycles. The van der Waals surface area contributed by atoms with Gasteiger partial charge in [0.2, 0.25) is 0 Å². The lowest BCUT2D eigenvalue weighted by Crippen LogP contribution is -2.43. The Labute approximate surface area is 129 Å². The molecule has 0 unspecified atom stereocenters. The van der Waals surface area contributed by atoms with Gasteiger partial charge < -0.3 is 10.2 Å². The van der Waals surface area contributed by atoms with E-state index in [0.717, 1.165) is 26.2 Å². The van der Waals surface area contributed by atoms with Crippen molar-refractivity contribution in [2.45, 2.75) is 0 Å². The van der Waals surface area contributed by atoms with E-state index in [1.165, 1.54) is 26.2 Å². The molecule has 1 fully saturated rings. The van der Waals surface area contributed by atoms with Gasteiger partial charge in [0.15, 0.2) is 0 Å². The van der Waals surface area contributed by atoms with Crippen LogP contribution in [-0.4, -0.2) is 26.2 Å². The minimum atomic E-state index is 1.07. The largest absolute Gasteiger partial charge is 0.367 e. The molecule has 0 amide bonds. The summed E-state index contributed by atoms with van der Waals surface area (Å²) in [6, 6.07) is 19.6. The Morgan fingerprint density at radius 1 is 0.857 bits per heavy atom. The second-order valence-electron chi connectivity index (χ2n) is 5.38. The smallest absolute Gasteiger partial charge is 0.0636 e. The van der Waals surface area contributed by atoms with Crippen molar-refractivity contribution in [2.24, 2.45) is 0 Å². The fourth-order valence-corrected chi connectivity index (χ4v) is 4.25. The third-order valence-electron chi connectivity index (χ3n) is 4.04. The summed E-state index contributed by atoms with van der Waals surface area (Å²) in [7, 11) is 0. The topological polar surface area (TPSA) is 15.3 Å². The lowest BCUT2D eigenvalue weighted by Gasteiger charge is -2.30. The van der Waals surface area contributed by atoms with Gasteiger partial charge in [-0.15, -0.1) is 11.3 Å². The van der Waals surface area contributed by atoms with Crippen molar-refractivity contribution in [3.8, 4) is 10.4 Å². The van der Waals surface area contributed by atoms with Gasteiger partial charge in [0.25, 0.3) is 0 Å². The predicted molar refractivity (Wildman–Crippen MR) is 92.3 cm³/mol. The maximum Gasteiger partial charge on any atom is 0.0636 e. The van der Waals surface area contributed by atoms with E-state index in [1.807, 2.05) is 11.3 Å². The van der Waals surface area contributed by atoms with Crippen LogP contribution in [0.15, 0.2) is 54.6 Å². The molecule has 0 atom stereocenters. The van der Waals surface area contributed by atoms with Crippen LogP contribution in [0.5, 0.6) is 0 Å². The van der Waals surface area contributed by atoms with Crippen molar-refractivity contribution >= 4 is 27.1 Å². The van der Waals surface area contributed by atoms with Gasteiger partial charge >= 0.3 is 0 Å². The zero-order chi connectivity index (χ0) is 14.1. The lowest BCUT2D eigenvalue weighted by molar-refractivity contribution is 0.591. The average Bonchev–Trinajstić information content (AvgIpc) is 2.96. The molecule has 1 aliphatic heterocycles. The van der Waals surface area contributed by atoms with Crippen molar-refractivity contribution < 1.29 is 0 Å². The molecule has 21 heavy (non-hydrogen) atoms. The van der Waals surface area contributed by atoms with E-state index in [9.17, 15) is 0 Å². The van der Waals surface area contributed by atoms with Crippen LogP contribution in [0.25, 0.3) is 20.5 Å². The number of rotatable bonds is 2. The standard InChI is InChI=1S/C18H18N2S/c1-2-6-14(7-3-1)18-17(20-12-10-19-11-13-20)15-8-4-5-9-16(15)21-18/h1-9,19H,10-13H2. The fourth-order valence-electron chi connectivity index (χ4n) is 3.02. The van der Waals surface area contributed by atoms with Gasteiger partial charge in [-0.1, -0.05) is 48.5 Å². The molecule has 2 heterocycles. The number of anilines is 1. The van der Waals surface area contributed by atoms with E-state index >= 15 is 0 Å². The summed E-state index contributed by atoms with van der Waals surface area (Å²) in [4.78, 5) is 3.94. The highest BCUT2D eigenvalue weighted by Crippen LogP contribution is 2.44. The molecule has 4 rings (SSSR count). The number of piperazine rings is 1. The highest BCUT2D eigenvalue weighted by atomic mass is 32.1. The number of benzene rings is 2. The third-order valence-corrected chi connectivity index (χ3v) is 5.25. The second kappa shape index (κ2) is 5.51. The Morgan fingerprint density at radius 3 is 2.38 bits per heavy atom. The van der Waals surface area contributed by atoms with Gasteiger partial charge in [-0.2, -0.15) is 0 Å². The van der Waals surface area contributed by atoms with Crippen LogP contribution in [0.3, 0.4) is 0 Å². The molecule has 3 aromatic rings. The zero-order valence-electron chi connectivity index (χ0n) is 11.9. The van der Waals surface area contributed by atoms with Crippen molar-refractivity contribution in [1.29, 1.82) is 0 Å². The Balaban J connectivity index is 1.92. The molecule has 1 aromatic heterocycles. The molecule has 0 saturated carbocycles. The summed E-state index contributed by atoms with van der Waals surface area (Å²) < 4.78 is 1.38. The molecular weight excluding hydrogens is 276 g/mol. The summed E-state index contributed by atoms with van der Waals surface area (Å²) >= 11 is 1.91. The van der Waals surface area contributed by atoms with E-state index < -0.39 is 0 Å². The van der Waals surface area contributed by atoms with Crippen LogP contribution < -0.4 is 10.2 Å². The van der Waals surface area contributed by atoms with Crippen LogP contribution in [-0.2, 0) is 0 Å². The Kier molecular flexibility index (Phi) is 3.37. The Morgan fingerprint density at radius 2 is 1.57 bits per heavy atom. The molecule has 106 valence electrons. The minimum absolute atomic E-state index is 1.07. The first-order chi connectivity index (χ1) is 10.4. The van der Waals surface area contributed by atoms with Crippen molar-refractivity contribution in [1.82, 2.24) is 5.32 Å². The number of hydrogen-bond donors (Lipinski definition) is 1. The zero-order valence-corrected chi connectivity index (χ0v) is 12.7. The number of hydrogen-bond acceptors (Lipinski definition) is 3.